The van der Waals surface area contributed by atoms with Crippen LogP contribution in [0.4, 0.5) is 4.39 Å². The topological polar surface area (TPSA) is 20.2 Å². The minimum atomic E-state index is -0.564. The minimum Gasteiger partial charge on any atom is -0.387 e. The van der Waals surface area contributed by atoms with Crippen molar-refractivity contribution >= 4 is 22.9 Å². The summed E-state index contributed by atoms with van der Waals surface area (Å²) in [6.07, 6.45) is 4.59. The van der Waals surface area contributed by atoms with Crippen LogP contribution in [0.5, 0.6) is 0 Å². The fourth-order valence-electron chi connectivity index (χ4n) is 2.67. The lowest BCUT2D eigenvalue weighted by atomic mass is 9.98. The van der Waals surface area contributed by atoms with Crippen molar-refractivity contribution in [1.82, 2.24) is 0 Å². The van der Waals surface area contributed by atoms with Crippen LogP contribution >= 0.6 is 22.9 Å². The van der Waals surface area contributed by atoms with E-state index < -0.39 is 11.9 Å². The van der Waals surface area contributed by atoms with Crippen LogP contribution in [0.2, 0.25) is 5.02 Å². The quantitative estimate of drug-likeness (QED) is 0.871. The highest BCUT2D eigenvalue weighted by Gasteiger charge is 2.18. The normalized spacial score (nSPS) is 15.9. The number of fused-ring (bicyclic) bond motifs is 1. The molecule has 1 aromatic heterocycles. The first-order chi connectivity index (χ1) is 9.63. The number of aliphatic hydroxyl groups excluding tert-OH is 1. The molecule has 0 amide bonds. The van der Waals surface area contributed by atoms with Gasteiger partial charge in [-0.2, -0.15) is 0 Å². The summed E-state index contributed by atoms with van der Waals surface area (Å²) in [4.78, 5) is 2.40. The van der Waals surface area contributed by atoms with Crippen LogP contribution < -0.4 is 0 Å². The Morgan fingerprint density at radius 1 is 1.25 bits per heavy atom. The van der Waals surface area contributed by atoms with E-state index in [1.807, 2.05) is 0 Å². The number of aliphatic hydroxyl groups is 1. The zero-order chi connectivity index (χ0) is 14.1. The van der Waals surface area contributed by atoms with E-state index in [1.165, 1.54) is 29.3 Å². The summed E-state index contributed by atoms with van der Waals surface area (Å²) in [7, 11) is 0. The van der Waals surface area contributed by atoms with Gasteiger partial charge >= 0.3 is 0 Å². The molecule has 1 atom stereocenters. The monoisotopic (exact) mass is 310 g/mol. The van der Waals surface area contributed by atoms with Crippen molar-refractivity contribution in [2.75, 3.05) is 0 Å². The summed E-state index contributed by atoms with van der Waals surface area (Å²) >= 11 is 7.37. The Labute approximate surface area is 127 Å². The molecule has 1 heterocycles. The second-order valence-corrected chi connectivity index (χ2v) is 6.85. The van der Waals surface area contributed by atoms with Crippen molar-refractivity contribution in [2.24, 2.45) is 0 Å². The number of thiophene rings is 1. The van der Waals surface area contributed by atoms with Gasteiger partial charge < -0.3 is 5.11 Å². The van der Waals surface area contributed by atoms with Gasteiger partial charge in [-0.15, -0.1) is 11.3 Å². The molecule has 1 N–H and O–H groups in total. The Balaban J connectivity index is 1.76. The van der Waals surface area contributed by atoms with E-state index in [2.05, 4.69) is 6.07 Å². The minimum absolute atomic E-state index is 0.120. The summed E-state index contributed by atoms with van der Waals surface area (Å²) in [6, 6.07) is 6.83. The summed E-state index contributed by atoms with van der Waals surface area (Å²) in [6.45, 7) is 0. The molecule has 0 aliphatic heterocycles. The number of hydrogen-bond acceptors (Lipinski definition) is 2. The number of benzene rings is 1. The molecule has 0 saturated carbocycles. The maximum atomic E-state index is 13.4. The van der Waals surface area contributed by atoms with Crippen LogP contribution in [-0.2, 0) is 19.3 Å². The largest absolute Gasteiger partial charge is 0.387 e. The maximum absolute atomic E-state index is 13.4. The van der Waals surface area contributed by atoms with Crippen LogP contribution in [0.15, 0.2) is 24.3 Å². The average Bonchev–Trinajstić information content (AvgIpc) is 2.87. The van der Waals surface area contributed by atoms with Crippen molar-refractivity contribution in [2.45, 2.75) is 38.2 Å². The molecule has 4 heteroatoms. The van der Waals surface area contributed by atoms with Gasteiger partial charge in [0.05, 0.1) is 11.1 Å². The standard InChI is InChI=1S/C16H16ClFOS/c17-12-6-5-10(7-13(12)18)8-14(19)16-9-11-3-1-2-4-15(11)20-16/h5-7,9,14,19H,1-4,8H2. The lowest BCUT2D eigenvalue weighted by molar-refractivity contribution is 0.182. The molecule has 3 rings (SSSR count). The third-order valence-electron chi connectivity index (χ3n) is 3.76. The molecule has 0 bridgehead atoms. The third-order valence-corrected chi connectivity index (χ3v) is 5.40. The Hall–Kier alpha value is -0.900. The van der Waals surface area contributed by atoms with E-state index in [1.54, 1.807) is 23.5 Å². The van der Waals surface area contributed by atoms with E-state index in [0.29, 0.717) is 6.42 Å². The van der Waals surface area contributed by atoms with Crippen molar-refractivity contribution in [1.29, 1.82) is 0 Å². The molecule has 1 unspecified atom stereocenters. The van der Waals surface area contributed by atoms with Gasteiger partial charge in [-0.05, 0) is 55.0 Å². The molecule has 20 heavy (non-hydrogen) atoms. The molecular formula is C16H16ClFOS. The molecule has 2 aromatic rings. The van der Waals surface area contributed by atoms with Gasteiger partial charge in [0.1, 0.15) is 5.82 Å². The second kappa shape index (κ2) is 5.84. The smallest absolute Gasteiger partial charge is 0.142 e. The van der Waals surface area contributed by atoms with Crippen molar-refractivity contribution in [3.63, 3.8) is 0 Å². The van der Waals surface area contributed by atoms with Crippen molar-refractivity contribution < 1.29 is 9.50 Å². The summed E-state index contributed by atoms with van der Waals surface area (Å²) < 4.78 is 13.4. The van der Waals surface area contributed by atoms with Gasteiger partial charge in [0.15, 0.2) is 0 Å². The van der Waals surface area contributed by atoms with Crippen LogP contribution in [0.3, 0.4) is 0 Å². The van der Waals surface area contributed by atoms with Gasteiger partial charge in [-0.1, -0.05) is 17.7 Å². The van der Waals surface area contributed by atoms with Crippen molar-refractivity contribution in [3.05, 3.63) is 56.0 Å². The fraction of sp³-hybridized carbons (Fsp3) is 0.375. The van der Waals surface area contributed by atoms with E-state index in [9.17, 15) is 9.50 Å². The predicted octanol–water partition coefficient (Wildman–Crippen LogP) is 4.70. The molecule has 0 spiro atoms. The molecule has 106 valence electrons. The van der Waals surface area contributed by atoms with Gasteiger partial charge in [-0.3, -0.25) is 0 Å². The molecule has 0 fully saturated rings. The SMILES string of the molecule is OC(Cc1ccc(Cl)c(F)c1)c1cc2c(s1)CCCC2. The van der Waals surface area contributed by atoms with E-state index in [0.717, 1.165) is 23.3 Å². The molecule has 1 nitrogen and oxygen atoms in total. The highest BCUT2D eigenvalue weighted by atomic mass is 35.5. The first-order valence-electron chi connectivity index (χ1n) is 6.87. The zero-order valence-corrected chi connectivity index (χ0v) is 12.6. The molecule has 1 aliphatic rings. The Kier molecular flexibility index (Phi) is 4.11. The number of halogens is 2. The van der Waals surface area contributed by atoms with Crippen LogP contribution in [-0.4, -0.2) is 5.11 Å². The molecule has 1 aromatic carbocycles. The lowest BCUT2D eigenvalue weighted by Gasteiger charge is -2.09. The Morgan fingerprint density at radius 3 is 2.80 bits per heavy atom. The Morgan fingerprint density at radius 2 is 2.05 bits per heavy atom. The lowest BCUT2D eigenvalue weighted by Crippen LogP contribution is -2.00. The first kappa shape index (κ1) is 14.1. The molecule has 1 aliphatic carbocycles. The summed E-state index contributed by atoms with van der Waals surface area (Å²) in [5, 5.41) is 10.5. The van der Waals surface area contributed by atoms with Gasteiger partial charge in [0.25, 0.3) is 0 Å². The highest BCUT2D eigenvalue weighted by Crippen LogP contribution is 2.34. The highest BCUT2D eigenvalue weighted by molar-refractivity contribution is 7.12. The molecule has 0 saturated heterocycles. The first-order valence-corrected chi connectivity index (χ1v) is 8.06. The number of hydrogen-bond donors (Lipinski definition) is 1. The predicted molar refractivity (Wildman–Crippen MR) is 81.0 cm³/mol. The number of aryl methyl sites for hydroxylation is 2. The maximum Gasteiger partial charge on any atom is 0.142 e. The van der Waals surface area contributed by atoms with Gasteiger partial charge in [-0.25, -0.2) is 4.39 Å². The van der Waals surface area contributed by atoms with E-state index >= 15 is 0 Å². The molecule has 0 radical (unpaired) electrons. The Bertz CT molecular complexity index is 599. The molecular weight excluding hydrogens is 295 g/mol. The third kappa shape index (κ3) is 2.90. The van der Waals surface area contributed by atoms with E-state index in [-0.39, 0.29) is 5.02 Å². The second-order valence-electron chi connectivity index (χ2n) is 5.27. The van der Waals surface area contributed by atoms with Gasteiger partial charge in [0, 0.05) is 16.2 Å². The zero-order valence-electron chi connectivity index (χ0n) is 11.0. The van der Waals surface area contributed by atoms with Crippen LogP contribution in [0.25, 0.3) is 0 Å². The van der Waals surface area contributed by atoms with E-state index in [4.69, 9.17) is 11.6 Å². The summed E-state index contributed by atoms with van der Waals surface area (Å²) in [5.74, 6) is -0.429. The van der Waals surface area contributed by atoms with Crippen LogP contribution in [0.1, 0.15) is 39.8 Å². The van der Waals surface area contributed by atoms with Crippen molar-refractivity contribution in [3.8, 4) is 0 Å². The summed E-state index contributed by atoms with van der Waals surface area (Å²) in [5.41, 5.74) is 2.16. The average molecular weight is 311 g/mol. The van der Waals surface area contributed by atoms with Crippen LogP contribution in [0, 0.1) is 5.82 Å². The fourth-order valence-corrected chi connectivity index (χ4v) is 4.03. The van der Waals surface area contributed by atoms with Gasteiger partial charge in [0.2, 0.25) is 0 Å². The number of rotatable bonds is 3.